The van der Waals surface area contributed by atoms with E-state index in [9.17, 15) is 5.11 Å². The van der Waals surface area contributed by atoms with E-state index in [0.29, 0.717) is 18.0 Å². The van der Waals surface area contributed by atoms with Gasteiger partial charge in [-0.2, -0.15) is 0 Å². The number of piperazine rings is 1. The fourth-order valence-electron chi connectivity index (χ4n) is 5.80. The van der Waals surface area contributed by atoms with E-state index >= 15 is 0 Å². The number of benzene rings is 3. The molecule has 0 spiro atoms. The van der Waals surface area contributed by atoms with Gasteiger partial charge in [0.25, 0.3) is 0 Å². The molecule has 2 aliphatic rings. The summed E-state index contributed by atoms with van der Waals surface area (Å²) >= 11 is 0. The van der Waals surface area contributed by atoms with Gasteiger partial charge in [-0.15, -0.1) is 0 Å². The van der Waals surface area contributed by atoms with Crippen LogP contribution in [-0.2, 0) is 0 Å². The Bertz CT molecular complexity index is 923. The maximum atomic E-state index is 10.6. The topological polar surface area (TPSA) is 26.7 Å². The first kappa shape index (κ1) is 21.4. The van der Waals surface area contributed by atoms with Gasteiger partial charge in [-0.1, -0.05) is 91.0 Å². The Balaban J connectivity index is 1.26. The number of hydrogen-bond donors (Lipinski definition) is 1. The minimum atomic E-state index is -0.369. The average Bonchev–Trinajstić information content (AvgIpc) is 2.87. The summed E-state index contributed by atoms with van der Waals surface area (Å²) < 4.78 is 0. The van der Waals surface area contributed by atoms with Crippen LogP contribution in [0.4, 0.5) is 0 Å². The number of hydrogen-bond acceptors (Lipinski definition) is 3. The molecule has 0 aliphatic carbocycles. The van der Waals surface area contributed by atoms with Crippen molar-refractivity contribution < 1.29 is 5.11 Å². The van der Waals surface area contributed by atoms with Gasteiger partial charge in [-0.3, -0.25) is 9.80 Å². The number of piperidine rings is 1. The van der Waals surface area contributed by atoms with E-state index in [1.165, 1.54) is 24.0 Å². The Morgan fingerprint density at radius 1 is 0.719 bits per heavy atom. The van der Waals surface area contributed by atoms with Crippen molar-refractivity contribution >= 4 is 0 Å². The third-order valence-electron chi connectivity index (χ3n) is 7.48. The monoisotopic (exact) mass is 426 g/mol. The molecular weight excluding hydrogens is 392 g/mol. The Labute approximate surface area is 192 Å². The summed E-state index contributed by atoms with van der Waals surface area (Å²) in [6.45, 7) is 4.32. The summed E-state index contributed by atoms with van der Waals surface area (Å²) in [5.41, 5.74) is 3.88. The normalized spacial score (nSPS) is 24.4. The van der Waals surface area contributed by atoms with Gasteiger partial charge in [0.2, 0.25) is 0 Å². The van der Waals surface area contributed by atoms with Gasteiger partial charge in [0, 0.05) is 44.2 Å². The van der Waals surface area contributed by atoms with Crippen LogP contribution >= 0.6 is 0 Å². The minimum absolute atomic E-state index is 0.369. The Morgan fingerprint density at radius 3 is 1.88 bits per heavy atom. The average molecular weight is 427 g/mol. The lowest BCUT2D eigenvalue weighted by molar-refractivity contribution is -0.00557. The molecule has 3 aromatic carbocycles. The molecule has 4 unspecified atom stereocenters. The Morgan fingerprint density at radius 2 is 1.28 bits per heavy atom. The molecule has 2 fully saturated rings. The van der Waals surface area contributed by atoms with Crippen LogP contribution in [0.15, 0.2) is 91.0 Å². The highest BCUT2D eigenvalue weighted by Crippen LogP contribution is 2.38. The maximum absolute atomic E-state index is 10.6. The molecule has 32 heavy (non-hydrogen) atoms. The zero-order valence-corrected chi connectivity index (χ0v) is 18.8. The molecule has 166 valence electrons. The first-order valence-corrected chi connectivity index (χ1v) is 12.1. The van der Waals surface area contributed by atoms with Gasteiger partial charge in [0.15, 0.2) is 0 Å². The van der Waals surface area contributed by atoms with Gasteiger partial charge in [-0.25, -0.2) is 0 Å². The zero-order chi connectivity index (χ0) is 21.8. The van der Waals surface area contributed by atoms with Crippen LogP contribution in [0.1, 0.15) is 48.0 Å². The van der Waals surface area contributed by atoms with Gasteiger partial charge < -0.3 is 5.11 Å². The third-order valence-corrected chi connectivity index (χ3v) is 7.48. The van der Waals surface area contributed by atoms with E-state index in [-0.39, 0.29) is 6.10 Å². The van der Waals surface area contributed by atoms with E-state index in [2.05, 4.69) is 70.5 Å². The summed E-state index contributed by atoms with van der Waals surface area (Å²) in [5.74, 6) is 0.421. The molecule has 2 saturated heterocycles. The van der Waals surface area contributed by atoms with Crippen molar-refractivity contribution in [2.45, 2.75) is 43.4 Å². The van der Waals surface area contributed by atoms with Crippen LogP contribution in [0.5, 0.6) is 0 Å². The van der Waals surface area contributed by atoms with Crippen molar-refractivity contribution in [3.05, 3.63) is 108 Å². The predicted molar refractivity (Wildman–Crippen MR) is 131 cm³/mol. The maximum Gasteiger partial charge on any atom is 0.0802 e. The Hall–Kier alpha value is -2.46. The third kappa shape index (κ3) is 4.66. The standard InChI is InChI=1S/C29H34N2O/c32-28(23-10-4-1-5-11-23)18-19-30-20-21-31-22-26(30)16-17-27(31)29(24-12-6-2-7-13-24)25-14-8-3-9-15-25/h1-15,26-29,32H,16-22H2. The highest BCUT2D eigenvalue weighted by molar-refractivity contribution is 5.34. The van der Waals surface area contributed by atoms with Gasteiger partial charge in [0.1, 0.15) is 0 Å². The first-order valence-electron chi connectivity index (χ1n) is 12.1. The second-order valence-electron chi connectivity index (χ2n) is 9.34. The largest absolute Gasteiger partial charge is 0.388 e. The summed E-state index contributed by atoms with van der Waals surface area (Å²) in [6, 6.07) is 33.3. The van der Waals surface area contributed by atoms with Crippen LogP contribution in [-0.4, -0.2) is 53.2 Å². The predicted octanol–water partition coefficient (Wildman–Crippen LogP) is 5.09. The van der Waals surface area contributed by atoms with E-state index in [0.717, 1.165) is 38.2 Å². The summed E-state index contributed by atoms with van der Waals surface area (Å²) in [6.07, 6.45) is 2.89. The molecule has 1 N–H and O–H groups in total. The van der Waals surface area contributed by atoms with E-state index in [1.54, 1.807) is 0 Å². The van der Waals surface area contributed by atoms with Crippen molar-refractivity contribution in [1.29, 1.82) is 0 Å². The molecule has 3 aromatic rings. The molecule has 0 aromatic heterocycles. The highest BCUT2D eigenvalue weighted by Gasteiger charge is 2.39. The van der Waals surface area contributed by atoms with E-state index in [4.69, 9.17) is 0 Å². The molecule has 0 amide bonds. The molecule has 0 radical (unpaired) electrons. The summed E-state index contributed by atoms with van der Waals surface area (Å²) in [7, 11) is 0. The summed E-state index contributed by atoms with van der Waals surface area (Å²) in [4.78, 5) is 5.36. The lowest BCUT2D eigenvalue weighted by Crippen LogP contribution is -2.60. The van der Waals surface area contributed by atoms with E-state index < -0.39 is 0 Å². The second kappa shape index (κ2) is 9.99. The van der Waals surface area contributed by atoms with Crippen LogP contribution in [0, 0.1) is 0 Å². The number of nitrogens with zero attached hydrogens (tertiary/aromatic N) is 2. The van der Waals surface area contributed by atoms with Gasteiger partial charge in [0.05, 0.1) is 6.10 Å². The van der Waals surface area contributed by atoms with Crippen molar-refractivity contribution in [2.24, 2.45) is 0 Å². The van der Waals surface area contributed by atoms with Crippen LogP contribution in [0.2, 0.25) is 0 Å². The minimum Gasteiger partial charge on any atom is -0.388 e. The smallest absolute Gasteiger partial charge is 0.0802 e. The number of aliphatic hydroxyl groups is 1. The van der Waals surface area contributed by atoms with E-state index in [1.807, 2.05) is 30.3 Å². The second-order valence-corrected chi connectivity index (χ2v) is 9.34. The lowest BCUT2D eigenvalue weighted by Gasteiger charge is -2.51. The molecule has 3 heteroatoms. The van der Waals surface area contributed by atoms with Crippen LogP contribution < -0.4 is 0 Å². The molecular formula is C29H34N2O. The molecule has 2 bridgehead atoms. The van der Waals surface area contributed by atoms with Crippen molar-refractivity contribution in [1.82, 2.24) is 9.80 Å². The zero-order valence-electron chi connectivity index (χ0n) is 18.8. The van der Waals surface area contributed by atoms with Crippen LogP contribution in [0.25, 0.3) is 0 Å². The molecule has 0 saturated carbocycles. The highest BCUT2D eigenvalue weighted by atomic mass is 16.3. The fraction of sp³-hybridized carbons (Fsp3) is 0.379. The number of fused-ring (bicyclic) bond motifs is 2. The SMILES string of the molecule is OC(CCN1CCN2CC1CCC2C(c1ccccc1)c1ccccc1)c1ccccc1. The lowest BCUT2D eigenvalue weighted by atomic mass is 9.79. The summed E-state index contributed by atoms with van der Waals surface area (Å²) in [5, 5.41) is 10.6. The fourth-order valence-corrected chi connectivity index (χ4v) is 5.80. The van der Waals surface area contributed by atoms with Gasteiger partial charge in [-0.05, 0) is 36.0 Å². The first-order chi connectivity index (χ1) is 15.8. The number of rotatable bonds is 7. The van der Waals surface area contributed by atoms with Gasteiger partial charge >= 0.3 is 0 Å². The molecule has 2 heterocycles. The molecule has 5 rings (SSSR count). The van der Waals surface area contributed by atoms with Crippen LogP contribution in [0.3, 0.4) is 0 Å². The molecule has 3 nitrogen and oxygen atoms in total. The quantitative estimate of drug-likeness (QED) is 0.570. The molecule has 4 atom stereocenters. The number of aliphatic hydroxyl groups excluding tert-OH is 1. The van der Waals surface area contributed by atoms with Crippen molar-refractivity contribution in [3.8, 4) is 0 Å². The molecule has 2 aliphatic heterocycles. The van der Waals surface area contributed by atoms with Crippen molar-refractivity contribution in [3.63, 3.8) is 0 Å². The van der Waals surface area contributed by atoms with Crippen molar-refractivity contribution in [2.75, 3.05) is 26.2 Å². The Kier molecular flexibility index (Phi) is 6.68.